The first-order valence-electron chi connectivity index (χ1n) is 5.33. The molecule has 2 N–H and O–H groups in total. The maximum absolute atomic E-state index is 10.8. The highest BCUT2D eigenvalue weighted by Gasteiger charge is 2.15. The zero-order valence-electron chi connectivity index (χ0n) is 9.68. The number of anilines is 1. The first-order chi connectivity index (χ1) is 8.20. The lowest BCUT2D eigenvalue weighted by Gasteiger charge is -2.09. The number of aliphatic hydroxyl groups is 1. The SMILES string of the molecule is CNc1c(CSCCCO)cccc1[N+](=O)[O-]. The van der Waals surface area contributed by atoms with E-state index in [2.05, 4.69) is 5.32 Å². The first kappa shape index (κ1) is 13.8. The zero-order chi connectivity index (χ0) is 12.7. The maximum atomic E-state index is 10.8. The molecule has 6 heteroatoms. The predicted octanol–water partition coefficient (Wildman–Crippen LogP) is 2.25. The number of nitrogens with zero attached hydrogens (tertiary/aromatic N) is 1. The summed E-state index contributed by atoms with van der Waals surface area (Å²) in [4.78, 5) is 10.5. The van der Waals surface area contributed by atoms with E-state index in [0.717, 1.165) is 17.7 Å². The highest BCUT2D eigenvalue weighted by atomic mass is 32.2. The van der Waals surface area contributed by atoms with E-state index in [1.807, 2.05) is 6.07 Å². The van der Waals surface area contributed by atoms with Gasteiger partial charge in [0, 0.05) is 25.5 Å². The van der Waals surface area contributed by atoms with Gasteiger partial charge in [-0.3, -0.25) is 10.1 Å². The molecule has 1 aromatic carbocycles. The van der Waals surface area contributed by atoms with Crippen molar-refractivity contribution in [2.75, 3.05) is 24.7 Å². The molecule has 1 aromatic rings. The van der Waals surface area contributed by atoms with Crippen molar-refractivity contribution in [2.24, 2.45) is 0 Å². The van der Waals surface area contributed by atoms with Gasteiger partial charge in [0.1, 0.15) is 5.69 Å². The Morgan fingerprint density at radius 1 is 1.53 bits per heavy atom. The molecule has 0 spiro atoms. The number of para-hydroxylation sites is 1. The molecule has 0 saturated carbocycles. The lowest BCUT2D eigenvalue weighted by Crippen LogP contribution is -2.00. The molecule has 0 aliphatic rings. The number of nitrogens with one attached hydrogen (secondary N) is 1. The molecule has 0 fully saturated rings. The number of thioether (sulfide) groups is 1. The number of benzene rings is 1. The minimum atomic E-state index is -0.381. The van der Waals surface area contributed by atoms with Gasteiger partial charge >= 0.3 is 0 Å². The van der Waals surface area contributed by atoms with Crippen molar-refractivity contribution in [3.8, 4) is 0 Å². The fourth-order valence-corrected chi connectivity index (χ4v) is 2.43. The van der Waals surface area contributed by atoms with E-state index in [-0.39, 0.29) is 17.2 Å². The Labute approximate surface area is 104 Å². The normalized spacial score (nSPS) is 10.2. The molecule has 0 unspecified atom stereocenters. The van der Waals surface area contributed by atoms with Gasteiger partial charge in [-0.25, -0.2) is 0 Å². The highest BCUT2D eigenvalue weighted by Crippen LogP contribution is 2.30. The topological polar surface area (TPSA) is 75.4 Å². The van der Waals surface area contributed by atoms with Crippen molar-refractivity contribution in [1.29, 1.82) is 0 Å². The van der Waals surface area contributed by atoms with Crippen LogP contribution < -0.4 is 5.32 Å². The molecule has 0 radical (unpaired) electrons. The third-order valence-corrected chi connectivity index (χ3v) is 3.37. The molecule has 17 heavy (non-hydrogen) atoms. The summed E-state index contributed by atoms with van der Waals surface area (Å²) in [6.07, 6.45) is 0.745. The largest absolute Gasteiger partial charge is 0.396 e. The molecule has 0 saturated heterocycles. The standard InChI is InChI=1S/C11H16N2O3S/c1-12-11-9(8-17-7-3-6-14)4-2-5-10(11)13(15)16/h2,4-5,12,14H,3,6-8H2,1H3. The second kappa shape index (κ2) is 7.13. The van der Waals surface area contributed by atoms with E-state index in [9.17, 15) is 10.1 Å². The third-order valence-electron chi connectivity index (χ3n) is 2.28. The van der Waals surface area contributed by atoms with E-state index in [4.69, 9.17) is 5.11 Å². The molecule has 0 bridgehead atoms. The van der Waals surface area contributed by atoms with Gasteiger partial charge in [0.05, 0.1) is 4.92 Å². The molecule has 0 aliphatic heterocycles. The Morgan fingerprint density at radius 2 is 2.29 bits per heavy atom. The van der Waals surface area contributed by atoms with E-state index in [1.165, 1.54) is 6.07 Å². The molecule has 0 heterocycles. The van der Waals surface area contributed by atoms with Gasteiger partial charge in [-0.2, -0.15) is 11.8 Å². The smallest absolute Gasteiger partial charge is 0.292 e. The Morgan fingerprint density at radius 3 is 2.88 bits per heavy atom. The summed E-state index contributed by atoms with van der Waals surface area (Å²) in [5, 5.41) is 22.4. The average Bonchev–Trinajstić information content (AvgIpc) is 2.34. The predicted molar refractivity (Wildman–Crippen MR) is 70.5 cm³/mol. The van der Waals surface area contributed by atoms with Gasteiger partial charge in [-0.1, -0.05) is 12.1 Å². The van der Waals surface area contributed by atoms with Gasteiger partial charge in [-0.05, 0) is 17.7 Å². The van der Waals surface area contributed by atoms with E-state index < -0.39 is 0 Å². The van der Waals surface area contributed by atoms with Crippen LogP contribution in [0.15, 0.2) is 18.2 Å². The Bertz CT molecular complexity index is 385. The maximum Gasteiger partial charge on any atom is 0.292 e. The molecule has 0 atom stereocenters. The van der Waals surface area contributed by atoms with Crippen molar-refractivity contribution in [3.05, 3.63) is 33.9 Å². The Balaban J connectivity index is 2.77. The van der Waals surface area contributed by atoms with Crippen LogP contribution in [0.4, 0.5) is 11.4 Å². The van der Waals surface area contributed by atoms with Crippen LogP contribution in [0, 0.1) is 10.1 Å². The lowest BCUT2D eigenvalue weighted by molar-refractivity contribution is -0.384. The fourth-order valence-electron chi connectivity index (χ4n) is 1.50. The summed E-state index contributed by atoms with van der Waals surface area (Å²) in [6.45, 7) is 0.181. The summed E-state index contributed by atoms with van der Waals surface area (Å²) in [7, 11) is 1.68. The third kappa shape index (κ3) is 3.90. The summed E-state index contributed by atoms with van der Waals surface area (Å²) < 4.78 is 0. The summed E-state index contributed by atoms with van der Waals surface area (Å²) >= 11 is 1.66. The molecule has 0 amide bonds. The van der Waals surface area contributed by atoms with Gasteiger partial charge in [-0.15, -0.1) is 0 Å². The average molecular weight is 256 g/mol. The Hall–Kier alpha value is -1.27. The van der Waals surface area contributed by atoms with Gasteiger partial charge in [0.15, 0.2) is 0 Å². The van der Waals surface area contributed by atoms with Crippen molar-refractivity contribution in [1.82, 2.24) is 0 Å². The first-order valence-corrected chi connectivity index (χ1v) is 6.48. The van der Waals surface area contributed by atoms with E-state index in [0.29, 0.717) is 11.4 Å². The Kier molecular flexibility index (Phi) is 5.79. The van der Waals surface area contributed by atoms with Crippen molar-refractivity contribution >= 4 is 23.1 Å². The molecule has 0 aliphatic carbocycles. The minimum Gasteiger partial charge on any atom is -0.396 e. The molecular weight excluding hydrogens is 240 g/mol. The summed E-state index contributed by atoms with van der Waals surface area (Å²) in [6, 6.07) is 5.07. The molecular formula is C11H16N2O3S. The zero-order valence-corrected chi connectivity index (χ0v) is 10.5. The van der Waals surface area contributed by atoms with Crippen LogP contribution in [-0.2, 0) is 5.75 Å². The molecule has 0 aromatic heterocycles. The van der Waals surface area contributed by atoms with Crippen LogP contribution in [0.5, 0.6) is 0 Å². The summed E-state index contributed by atoms with van der Waals surface area (Å²) in [5.74, 6) is 1.56. The van der Waals surface area contributed by atoms with E-state index >= 15 is 0 Å². The quantitative estimate of drug-likeness (QED) is 0.444. The van der Waals surface area contributed by atoms with E-state index in [1.54, 1.807) is 24.9 Å². The number of nitro groups is 1. The van der Waals surface area contributed by atoms with Crippen LogP contribution in [0.25, 0.3) is 0 Å². The van der Waals surface area contributed by atoms with Crippen LogP contribution in [0.3, 0.4) is 0 Å². The minimum absolute atomic E-state index is 0.104. The number of nitro benzene ring substituents is 1. The molecule has 94 valence electrons. The second-order valence-corrected chi connectivity index (χ2v) is 4.55. The number of hydrogen-bond acceptors (Lipinski definition) is 5. The van der Waals surface area contributed by atoms with Crippen molar-refractivity contribution in [3.63, 3.8) is 0 Å². The number of aliphatic hydroxyl groups excluding tert-OH is 1. The van der Waals surface area contributed by atoms with Crippen LogP contribution in [0.2, 0.25) is 0 Å². The fraction of sp³-hybridized carbons (Fsp3) is 0.455. The monoisotopic (exact) mass is 256 g/mol. The molecule has 5 nitrogen and oxygen atoms in total. The van der Waals surface area contributed by atoms with Gasteiger partial charge in [0.25, 0.3) is 5.69 Å². The van der Waals surface area contributed by atoms with Crippen molar-refractivity contribution < 1.29 is 10.0 Å². The van der Waals surface area contributed by atoms with Crippen molar-refractivity contribution in [2.45, 2.75) is 12.2 Å². The highest BCUT2D eigenvalue weighted by molar-refractivity contribution is 7.98. The number of rotatable bonds is 7. The van der Waals surface area contributed by atoms with Crippen LogP contribution in [-0.4, -0.2) is 29.4 Å². The van der Waals surface area contributed by atoms with Gasteiger partial charge < -0.3 is 10.4 Å². The second-order valence-electron chi connectivity index (χ2n) is 3.45. The number of hydrogen-bond donors (Lipinski definition) is 2. The van der Waals surface area contributed by atoms with Crippen LogP contribution >= 0.6 is 11.8 Å². The molecule has 1 rings (SSSR count). The lowest BCUT2D eigenvalue weighted by atomic mass is 10.1. The van der Waals surface area contributed by atoms with Crippen LogP contribution in [0.1, 0.15) is 12.0 Å². The van der Waals surface area contributed by atoms with Gasteiger partial charge in [0.2, 0.25) is 0 Å². The summed E-state index contributed by atoms with van der Waals surface area (Å²) in [5.41, 5.74) is 1.60.